The van der Waals surface area contributed by atoms with E-state index in [0.29, 0.717) is 18.4 Å². The van der Waals surface area contributed by atoms with Gasteiger partial charge in [-0.05, 0) is 77.0 Å². The fraction of sp³-hybridized carbons (Fsp3) is 0.478. The predicted molar refractivity (Wildman–Crippen MR) is 116 cm³/mol. The quantitative estimate of drug-likeness (QED) is 0.439. The Hall–Kier alpha value is -2.62. The molecule has 2 aromatic rings. The number of benzene rings is 1. The van der Waals surface area contributed by atoms with E-state index in [-0.39, 0.29) is 6.79 Å². The zero-order chi connectivity index (χ0) is 20.6. The summed E-state index contributed by atoms with van der Waals surface area (Å²) < 4.78 is 11.2. The van der Waals surface area contributed by atoms with Crippen LogP contribution in [0.4, 0.5) is 5.82 Å². The van der Waals surface area contributed by atoms with Crippen molar-refractivity contribution in [2.45, 2.75) is 39.7 Å². The summed E-state index contributed by atoms with van der Waals surface area (Å²) in [6.07, 6.45) is 2.36. The molecule has 29 heavy (non-hydrogen) atoms. The van der Waals surface area contributed by atoms with Gasteiger partial charge in [-0.15, -0.1) is 16.1 Å². The summed E-state index contributed by atoms with van der Waals surface area (Å²) in [7, 11) is 2.16. The van der Waals surface area contributed by atoms with Gasteiger partial charge in [0.15, 0.2) is 6.79 Å². The molecular weight excluding hydrogens is 364 g/mol. The number of ether oxygens (including phenoxy) is 2. The van der Waals surface area contributed by atoms with Gasteiger partial charge >= 0.3 is 0 Å². The zero-order valence-corrected chi connectivity index (χ0v) is 17.8. The molecule has 0 bridgehead atoms. The maximum absolute atomic E-state index is 5.86. The maximum Gasteiger partial charge on any atom is 0.189 e. The summed E-state index contributed by atoms with van der Waals surface area (Å²) in [4.78, 5) is 2.35. The molecule has 0 spiro atoms. The summed E-state index contributed by atoms with van der Waals surface area (Å²) in [6, 6.07) is 8.36. The highest BCUT2D eigenvalue weighted by Crippen LogP contribution is 2.32. The highest BCUT2D eigenvalue weighted by Gasteiger charge is 2.18. The number of hydrogen-bond acceptors (Lipinski definition) is 6. The second-order valence-corrected chi connectivity index (χ2v) is 7.35. The molecule has 1 aromatic heterocycles. The standard InChI is InChI=1S/C23H30N4O2/c1-5-8-18-10-11-20(21(14-18)29-16-28-6-2)23-17(3)13-22(25-26-23)24-19-9-7-12-27(4)15-19/h10-11,13-14,19H,6-7,9,12,15-16H2,1-4H3,(H,24,25). The van der Waals surface area contributed by atoms with Gasteiger partial charge in [-0.2, -0.15) is 0 Å². The Balaban J connectivity index is 1.83. The molecule has 1 aliphatic rings. The van der Waals surface area contributed by atoms with Crippen LogP contribution in [0.15, 0.2) is 24.3 Å². The number of aromatic nitrogens is 2. The van der Waals surface area contributed by atoms with Crippen molar-refractivity contribution in [1.29, 1.82) is 0 Å². The van der Waals surface area contributed by atoms with Crippen molar-refractivity contribution in [3.8, 4) is 28.8 Å². The summed E-state index contributed by atoms with van der Waals surface area (Å²) in [5.41, 5.74) is 3.63. The fourth-order valence-corrected chi connectivity index (χ4v) is 3.56. The third-order valence-corrected chi connectivity index (χ3v) is 4.97. The van der Waals surface area contributed by atoms with E-state index >= 15 is 0 Å². The lowest BCUT2D eigenvalue weighted by molar-refractivity contribution is 0.0227. The molecule has 3 rings (SSSR count). The number of nitrogens with zero attached hydrogens (tertiary/aromatic N) is 3. The smallest absolute Gasteiger partial charge is 0.189 e. The minimum absolute atomic E-state index is 0.188. The van der Waals surface area contributed by atoms with Gasteiger partial charge in [0.25, 0.3) is 0 Å². The number of piperidine rings is 1. The Kier molecular flexibility index (Phi) is 7.45. The van der Waals surface area contributed by atoms with Gasteiger partial charge in [0, 0.05) is 30.3 Å². The van der Waals surface area contributed by atoms with E-state index in [1.807, 2.05) is 39.0 Å². The van der Waals surface area contributed by atoms with Crippen LogP contribution in [0.5, 0.6) is 5.75 Å². The summed E-state index contributed by atoms with van der Waals surface area (Å²) in [5, 5.41) is 12.5. The molecule has 1 N–H and O–H groups in total. The van der Waals surface area contributed by atoms with Crippen molar-refractivity contribution < 1.29 is 9.47 Å². The summed E-state index contributed by atoms with van der Waals surface area (Å²) >= 11 is 0. The largest absolute Gasteiger partial charge is 0.467 e. The predicted octanol–water partition coefficient (Wildman–Crippen LogP) is 3.70. The second-order valence-electron chi connectivity index (χ2n) is 7.35. The topological polar surface area (TPSA) is 59.5 Å². The number of likely N-dealkylation sites (tertiary alicyclic amines) is 1. The van der Waals surface area contributed by atoms with E-state index in [4.69, 9.17) is 9.47 Å². The van der Waals surface area contributed by atoms with Gasteiger partial charge < -0.3 is 19.7 Å². The van der Waals surface area contributed by atoms with Crippen molar-refractivity contribution in [3.63, 3.8) is 0 Å². The Labute approximate surface area is 173 Å². The molecular formula is C23H30N4O2. The number of aryl methyl sites for hydroxylation is 1. The zero-order valence-electron chi connectivity index (χ0n) is 17.8. The van der Waals surface area contributed by atoms with Crippen molar-refractivity contribution >= 4 is 5.82 Å². The van der Waals surface area contributed by atoms with Crippen LogP contribution in [0.25, 0.3) is 11.3 Å². The van der Waals surface area contributed by atoms with Crippen molar-refractivity contribution in [1.82, 2.24) is 15.1 Å². The van der Waals surface area contributed by atoms with Gasteiger partial charge in [-0.1, -0.05) is 5.92 Å². The third kappa shape index (κ3) is 5.69. The lowest BCUT2D eigenvalue weighted by atomic mass is 10.0. The van der Waals surface area contributed by atoms with Crippen molar-refractivity contribution in [3.05, 3.63) is 35.4 Å². The van der Waals surface area contributed by atoms with E-state index in [2.05, 4.69) is 45.4 Å². The molecule has 2 heterocycles. The van der Waals surface area contributed by atoms with Gasteiger partial charge in [-0.25, -0.2) is 0 Å². The molecule has 154 valence electrons. The first-order valence-corrected chi connectivity index (χ1v) is 10.2. The van der Waals surface area contributed by atoms with E-state index in [1.54, 1.807) is 0 Å². The second kappa shape index (κ2) is 10.2. The minimum atomic E-state index is 0.188. The third-order valence-electron chi connectivity index (χ3n) is 4.97. The molecule has 1 saturated heterocycles. The SMILES string of the molecule is CC#Cc1ccc(-c2nnc(NC3CCCN(C)C3)cc2C)c(OCOCC)c1. The molecule has 0 saturated carbocycles. The molecule has 0 radical (unpaired) electrons. The normalized spacial score (nSPS) is 16.8. The highest BCUT2D eigenvalue weighted by molar-refractivity contribution is 5.71. The number of hydrogen-bond donors (Lipinski definition) is 1. The Morgan fingerprint density at radius 3 is 2.86 bits per heavy atom. The first-order chi connectivity index (χ1) is 14.1. The van der Waals surface area contributed by atoms with Crippen LogP contribution in [-0.4, -0.2) is 54.7 Å². The van der Waals surface area contributed by atoms with E-state index < -0.39 is 0 Å². The average molecular weight is 395 g/mol. The highest BCUT2D eigenvalue weighted by atomic mass is 16.7. The van der Waals surface area contributed by atoms with Crippen LogP contribution in [0.2, 0.25) is 0 Å². The van der Waals surface area contributed by atoms with E-state index in [0.717, 1.165) is 47.7 Å². The first-order valence-electron chi connectivity index (χ1n) is 10.2. The van der Waals surface area contributed by atoms with Crippen LogP contribution in [-0.2, 0) is 4.74 Å². The molecule has 1 aliphatic heterocycles. The number of anilines is 1. The number of nitrogens with one attached hydrogen (secondary N) is 1. The Morgan fingerprint density at radius 2 is 2.14 bits per heavy atom. The molecule has 0 amide bonds. The lowest BCUT2D eigenvalue weighted by Gasteiger charge is -2.30. The van der Waals surface area contributed by atoms with Crippen LogP contribution in [0.1, 0.15) is 37.8 Å². The molecule has 0 aliphatic carbocycles. The van der Waals surface area contributed by atoms with Crippen LogP contribution >= 0.6 is 0 Å². The monoisotopic (exact) mass is 394 g/mol. The van der Waals surface area contributed by atoms with Crippen molar-refractivity contribution in [2.75, 3.05) is 38.9 Å². The lowest BCUT2D eigenvalue weighted by Crippen LogP contribution is -2.39. The summed E-state index contributed by atoms with van der Waals surface area (Å²) in [5.74, 6) is 7.51. The number of rotatable bonds is 7. The van der Waals surface area contributed by atoms with Gasteiger partial charge in [0.2, 0.25) is 0 Å². The molecule has 1 fully saturated rings. The minimum Gasteiger partial charge on any atom is -0.467 e. The van der Waals surface area contributed by atoms with Gasteiger partial charge in [0.1, 0.15) is 11.6 Å². The molecule has 1 unspecified atom stereocenters. The fourth-order valence-electron chi connectivity index (χ4n) is 3.56. The van der Waals surface area contributed by atoms with Gasteiger partial charge in [0.05, 0.1) is 5.69 Å². The van der Waals surface area contributed by atoms with Gasteiger partial charge in [-0.3, -0.25) is 0 Å². The van der Waals surface area contributed by atoms with E-state index in [9.17, 15) is 0 Å². The van der Waals surface area contributed by atoms with E-state index in [1.165, 1.54) is 6.42 Å². The van der Waals surface area contributed by atoms with Crippen LogP contribution in [0, 0.1) is 18.8 Å². The molecule has 6 nitrogen and oxygen atoms in total. The number of likely N-dealkylation sites (N-methyl/N-ethyl adjacent to an activating group) is 1. The Bertz CT molecular complexity index is 888. The maximum atomic E-state index is 5.86. The van der Waals surface area contributed by atoms with Crippen LogP contribution < -0.4 is 10.1 Å². The first kappa shape index (κ1) is 21.1. The van der Waals surface area contributed by atoms with Crippen LogP contribution in [0.3, 0.4) is 0 Å². The molecule has 6 heteroatoms. The van der Waals surface area contributed by atoms with Crippen molar-refractivity contribution in [2.24, 2.45) is 0 Å². The summed E-state index contributed by atoms with van der Waals surface area (Å²) in [6.45, 7) is 8.78. The molecule has 1 atom stereocenters. The average Bonchev–Trinajstić information content (AvgIpc) is 2.69. The molecule has 1 aromatic carbocycles. The Morgan fingerprint density at radius 1 is 1.28 bits per heavy atom.